The van der Waals surface area contributed by atoms with Gasteiger partial charge in [-0.15, -0.1) is 0 Å². The van der Waals surface area contributed by atoms with Crippen molar-refractivity contribution < 1.29 is 47.6 Å². The summed E-state index contributed by atoms with van der Waals surface area (Å²) in [4.78, 5) is 60.7. The van der Waals surface area contributed by atoms with Crippen LogP contribution in [0.1, 0.15) is 107 Å². The number of amides is 1. The molecule has 274 valence electrons. The number of aliphatic hydroxyl groups is 1. The van der Waals surface area contributed by atoms with Crippen molar-refractivity contribution in [2.45, 2.75) is 155 Å². The molecule has 0 aromatic carbocycles. The van der Waals surface area contributed by atoms with E-state index in [4.69, 9.17) is 18.9 Å². The molecule has 12 atom stereocenters. The minimum atomic E-state index is -3.09. The zero-order valence-electron chi connectivity index (χ0n) is 30.8. The van der Waals surface area contributed by atoms with Crippen molar-refractivity contribution in [2.24, 2.45) is 28.7 Å². The Balaban J connectivity index is 2.31. The summed E-state index contributed by atoms with van der Waals surface area (Å²) >= 11 is 0. The molecule has 1 amide bonds. The summed E-state index contributed by atoms with van der Waals surface area (Å²) in [7, 11) is 3.92. The maximum absolute atomic E-state index is 16.6. The molecule has 0 aromatic rings. The van der Waals surface area contributed by atoms with Gasteiger partial charge in [0.05, 0.1) is 17.8 Å². The highest BCUT2D eigenvalue weighted by atomic mass is 19.1. The highest BCUT2D eigenvalue weighted by Gasteiger charge is 2.56. The van der Waals surface area contributed by atoms with E-state index in [0.29, 0.717) is 12.1 Å². The Hall–Kier alpha value is -2.12. The SMILES string of the molecule is CCC(=O)N=C1[C@H](C)C[C@@]2(C)OCC(=O)CCC([C@H]1C)[C@](C)(O)[C@@H](CC)OC(=O)[C@@](C)(F)C(=O)[C@H](C)[C@H]2O[C@H]1C[C@@H](N(C)C)C[C@@H](C)O1. The number of Topliss-reactive ketones (excluding diaryl/α,β-unsaturated/α-hetero) is 2. The summed E-state index contributed by atoms with van der Waals surface area (Å²) in [5.74, 6) is -6.13. The van der Waals surface area contributed by atoms with Crippen molar-refractivity contribution in [3.8, 4) is 0 Å². The lowest BCUT2D eigenvalue weighted by molar-refractivity contribution is -0.265. The number of ketones is 2. The monoisotopic (exact) mass is 682 g/mol. The first-order chi connectivity index (χ1) is 22.2. The molecule has 12 heteroatoms. The van der Waals surface area contributed by atoms with E-state index in [9.17, 15) is 24.3 Å². The Bertz CT molecular complexity index is 1220. The number of halogens is 1. The number of hydrogen-bond acceptors (Lipinski definition) is 10. The van der Waals surface area contributed by atoms with Crippen LogP contribution < -0.4 is 0 Å². The van der Waals surface area contributed by atoms with E-state index in [1.807, 2.05) is 34.9 Å². The molecule has 2 bridgehead atoms. The first-order valence-corrected chi connectivity index (χ1v) is 17.6. The second kappa shape index (κ2) is 15.8. The van der Waals surface area contributed by atoms with E-state index in [1.165, 1.54) is 13.8 Å². The number of carbonyl (C=O) groups excluding carboxylic acids is 4. The largest absolute Gasteiger partial charge is 0.457 e. The van der Waals surface area contributed by atoms with Crippen LogP contribution in [-0.2, 0) is 38.1 Å². The number of hydrogen-bond donors (Lipinski definition) is 1. The van der Waals surface area contributed by atoms with Gasteiger partial charge in [0.15, 0.2) is 17.9 Å². The van der Waals surface area contributed by atoms with Crippen LogP contribution in [0, 0.1) is 23.7 Å². The molecular weight excluding hydrogens is 623 g/mol. The van der Waals surface area contributed by atoms with Gasteiger partial charge < -0.3 is 29.0 Å². The van der Waals surface area contributed by atoms with E-state index >= 15 is 4.39 Å². The lowest BCUT2D eigenvalue weighted by Crippen LogP contribution is -2.59. The van der Waals surface area contributed by atoms with Crippen molar-refractivity contribution in [3.63, 3.8) is 0 Å². The summed E-state index contributed by atoms with van der Waals surface area (Å²) in [6.45, 7) is 14.3. The molecule has 3 aliphatic rings. The van der Waals surface area contributed by atoms with Crippen molar-refractivity contribution in [1.82, 2.24) is 4.90 Å². The van der Waals surface area contributed by atoms with E-state index in [-0.39, 0.29) is 62.5 Å². The number of alkyl halides is 1. The minimum Gasteiger partial charge on any atom is -0.457 e. The van der Waals surface area contributed by atoms with Crippen molar-refractivity contribution >= 4 is 29.2 Å². The van der Waals surface area contributed by atoms with Gasteiger partial charge in [-0.05, 0) is 79.3 Å². The zero-order chi connectivity index (χ0) is 36.4. The number of aliphatic imine (C=N–C) groups is 1. The summed E-state index contributed by atoms with van der Waals surface area (Å²) in [5.41, 5.74) is -5.80. The highest BCUT2D eigenvalue weighted by Crippen LogP contribution is 2.43. The number of carbonyl (C=O) groups is 4. The summed E-state index contributed by atoms with van der Waals surface area (Å²) < 4.78 is 41.5. The van der Waals surface area contributed by atoms with Gasteiger partial charge in [0.1, 0.15) is 18.3 Å². The standard InChI is InChI=1S/C36H59FN2O9/c1-12-27-36(9,44)26-15-14-25(40)19-45-34(7,18-20(3)30(22(26)5)38-28(41)13-2)32(23(6)31(42)35(8,37)33(43)47-27)48-29-17-24(39(10)11)16-21(4)46-29/h20-24,26-27,29,32,44H,12-19H2,1-11H3/t20-,21-,22-,23+,24+,26?,27-,29+,32-,34-,35+,36+/m1/s1. The maximum Gasteiger partial charge on any atom is 0.351 e. The fourth-order valence-corrected chi connectivity index (χ4v) is 8.04. The van der Waals surface area contributed by atoms with Crippen LogP contribution in [0.5, 0.6) is 0 Å². The molecule has 3 saturated heterocycles. The summed E-state index contributed by atoms with van der Waals surface area (Å²) in [6, 6.07) is 0.0989. The molecule has 0 aromatic heterocycles. The van der Waals surface area contributed by atoms with Crippen LogP contribution in [0.25, 0.3) is 0 Å². The predicted octanol–water partition coefficient (Wildman–Crippen LogP) is 4.64. The van der Waals surface area contributed by atoms with Gasteiger partial charge in [0.2, 0.25) is 5.91 Å². The van der Waals surface area contributed by atoms with Crippen LogP contribution in [0.2, 0.25) is 0 Å². The molecule has 48 heavy (non-hydrogen) atoms. The number of fused-ring (bicyclic) bond motifs is 5. The third kappa shape index (κ3) is 8.78. The second-order valence-corrected chi connectivity index (χ2v) is 15.2. The van der Waals surface area contributed by atoms with Gasteiger partial charge in [-0.2, -0.15) is 0 Å². The topological polar surface area (TPSA) is 141 Å². The number of rotatable bonds is 5. The van der Waals surface area contributed by atoms with Crippen LogP contribution in [-0.4, -0.2) is 107 Å². The van der Waals surface area contributed by atoms with E-state index in [2.05, 4.69) is 9.89 Å². The van der Waals surface area contributed by atoms with Crippen molar-refractivity contribution in [2.75, 3.05) is 20.7 Å². The zero-order valence-corrected chi connectivity index (χ0v) is 30.8. The van der Waals surface area contributed by atoms with E-state index < -0.39 is 70.8 Å². The quantitative estimate of drug-likeness (QED) is 0.322. The van der Waals surface area contributed by atoms with Crippen LogP contribution >= 0.6 is 0 Å². The molecule has 3 aliphatic heterocycles. The third-order valence-corrected chi connectivity index (χ3v) is 11.0. The van der Waals surface area contributed by atoms with E-state index in [0.717, 1.165) is 13.3 Å². The number of cyclic esters (lactones) is 1. The Morgan fingerprint density at radius 1 is 1.06 bits per heavy atom. The van der Waals surface area contributed by atoms with Gasteiger partial charge in [0.25, 0.3) is 5.67 Å². The van der Waals surface area contributed by atoms with Gasteiger partial charge in [0, 0.05) is 42.9 Å². The number of ether oxygens (including phenoxy) is 4. The molecule has 3 heterocycles. The van der Waals surface area contributed by atoms with Crippen LogP contribution in [0.3, 0.4) is 0 Å². The smallest absolute Gasteiger partial charge is 0.351 e. The lowest BCUT2D eigenvalue weighted by Gasteiger charge is -2.46. The molecule has 1 unspecified atom stereocenters. The molecule has 11 nitrogen and oxygen atoms in total. The molecule has 0 radical (unpaired) electrons. The Morgan fingerprint density at radius 2 is 1.71 bits per heavy atom. The van der Waals surface area contributed by atoms with Gasteiger partial charge >= 0.3 is 5.97 Å². The minimum absolute atomic E-state index is 0.0175. The number of nitrogens with zero attached hydrogens (tertiary/aromatic N) is 2. The molecular formula is C36H59FN2O9. The Labute approximate surface area is 285 Å². The maximum atomic E-state index is 16.6. The summed E-state index contributed by atoms with van der Waals surface area (Å²) in [6.07, 6.45) is -1.63. The highest BCUT2D eigenvalue weighted by molar-refractivity contribution is 6.08. The fraction of sp³-hybridized carbons (Fsp3) is 0.861. The molecule has 0 spiro atoms. The van der Waals surface area contributed by atoms with Gasteiger partial charge in [-0.1, -0.05) is 34.6 Å². The van der Waals surface area contributed by atoms with Crippen molar-refractivity contribution in [3.05, 3.63) is 0 Å². The fourth-order valence-electron chi connectivity index (χ4n) is 8.04. The Kier molecular flexibility index (Phi) is 13.3. The predicted molar refractivity (Wildman–Crippen MR) is 178 cm³/mol. The molecule has 0 aliphatic carbocycles. The van der Waals surface area contributed by atoms with Crippen LogP contribution in [0.4, 0.5) is 4.39 Å². The molecule has 1 N–H and O–H groups in total. The first kappa shape index (κ1) is 40.3. The third-order valence-electron chi connectivity index (χ3n) is 11.0. The summed E-state index contributed by atoms with van der Waals surface area (Å²) in [5, 5.41) is 12.1. The normalized spacial score (nSPS) is 43.3. The Morgan fingerprint density at radius 3 is 2.29 bits per heavy atom. The van der Waals surface area contributed by atoms with E-state index in [1.54, 1.807) is 20.8 Å². The lowest BCUT2D eigenvalue weighted by atomic mass is 9.68. The average molecular weight is 683 g/mol. The average Bonchev–Trinajstić information content (AvgIpc) is 3.02. The van der Waals surface area contributed by atoms with Crippen LogP contribution in [0.15, 0.2) is 4.99 Å². The van der Waals surface area contributed by atoms with Gasteiger partial charge in [-0.3, -0.25) is 14.4 Å². The molecule has 0 saturated carbocycles. The number of esters is 1. The molecule has 3 rings (SSSR count). The van der Waals surface area contributed by atoms with Crippen molar-refractivity contribution in [1.29, 1.82) is 0 Å². The van der Waals surface area contributed by atoms with Gasteiger partial charge in [-0.25, -0.2) is 14.2 Å². The second-order valence-electron chi connectivity index (χ2n) is 15.2. The first-order valence-electron chi connectivity index (χ1n) is 17.6. The molecule has 3 fully saturated rings.